The summed E-state index contributed by atoms with van der Waals surface area (Å²) in [7, 11) is 0. The smallest absolute Gasteiger partial charge is 0.352 e. The summed E-state index contributed by atoms with van der Waals surface area (Å²) in [4.78, 5) is 66.4. The van der Waals surface area contributed by atoms with E-state index in [0.717, 1.165) is 74.0 Å². The summed E-state index contributed by atoms with van der Waals surface area (Å²) >= 11 is 6.39. The summed E-state index contributed by atoms with van der Waals surface area (Å²) in [5.74, 6) is -3.98. The maximum absolute atomic E-state index is 13.4. The van der Waals surface area contributed by atoms with Crippen molar-refractivity contribution in [1.82, 2.24) is 24.6 Å². The summed E-state index contributed by atoms with van der Waals surface area (Å²) in [6.45, 7) is 15.0. The molecule has 2 saturated heterocycles. The lowest BCUT2D eigenvalue weighted by Crippen LogP contribution is -2.46. The fourth-order valence-electron chi connectivity index (χ4n) is 10.1. The number of aromatic nitrogens is 3. The Balaban J connectivity index is 0.866. The molecule has 366 valence electrons. The molecule has 3 aliphatic rings. The van der Waals surface area contributed by atoms with E-state index in [2.05, 4.69) is 28.5 Å². The molecule has 3 aromatic carbocycles. The number of hydrogen-bond acceptors (Lipinski definition) is 12. The zero-order valence-electron chi connectivity index (χ0n) is 39.8. The van der Waals surface area contributed by atoms with Gasteiger partial charge in [-0.25, -0.2) is 4.79 Å². The van der Waals surface area contributed by atoms with Gasteiger partial charge in [-0.05, 0) is 88.3 Å². The number of morpholine rings is 1. The van der Waals surface area contributed by atoms with Crippen LogP contribution in [0.15, 0.2) is 48.5 Å². The highest BCUT2D eigenvalue weighted by molar-refractivity contribution is 6.32. The predicted octanol–water partition coefficient (Wildman–Crippen LogP) is 7.02. The Kier molecular flexibility index (Phi) is 16.0. The number of carbonyl (C=O) groups excluding carboxylic acids is 4. The number of carboxylic acid groups (broad SMARTS) is 1. The lowest BCUT2D eigenvalue weighted by atomic mass is 9.82. The number of amides is 2. The van der Waals surface area contributed by atoms with Crippen LogP contribution in [0, 0.1) is 39.5 Å². The minimum atomic E-state index is -1.13. The molecule has 2 aromatic heterocycles. The van der Waals surface area contributed by atoms with Crippen molar-refractivity contribution >= 4 is 57.5 Å². The van der Waals surface area contributed by atoms with E-state index >= 15 is 0 Å². The molecule has 8 rings (SSSR count). The second kappa shape index (κ2) is 22.2. The molecule has 0 spiro atoms. The van der Waals surface area contributed by atoms with E-state index in [-0.39, 0.29) is 24.0 Å². The number of piperidine rings is 1. The van der Waals surface area contributed by atoms with Gasteiger partial charge in [0.15, 0.2) is 11.6 Å². The number of rotatable bonds is 22. The minimum absolute atomic E-state index is 0.0942. The molecule has 2 aliphatic heterocycles. The van der Waals surface area contributed by atoms with Crippen LogP contribution in [-0.4, -0.2) is 126 Å². The van der Waals surface area contributed by atoms with Crippen molar-refractivity contribution < 1.29 is 48.0 Å². The number of carboxylic acids is 1. The van der Waals surface area contributed by atoms with Gasteiger partial charge in [0.05, 0.1) is 68.3 Å². The lowest BCUT2D eigenvalue weighted by Gasteiger charge is -2.27. The highest BCUT2D eigenvalue weighted by atomic mass is 35.5. The standard InChI is InChI=1S/C52H61ClN6O10/c1-31-29-35(30-32(2)46(31)53)69-23-7-12-37-36-9-5-10-38(47(36)58(48(37)52(64)65)19-18-57-20-25-68-26-21-57)43-33(3)56-59(34(43)4)17-8-22-66-27-28-67-24-16-54-41-13-6-11-39-44(41)50(62)45(49(39)61)40-14-15-42(60)55-51(40)63/h5-6,9-11,13,29-30,40,45,54H,7-8,12,14-28H2,1-4H3,(H,64,65)(H,55,60,63). The molecule has 2 fully saturated rings. The second-order valence-electron chi connectivity index (χ2n) is 18.0. The van der Waals surface area contributed by atoms with E-state index < -0.39 is 41.2 Å². The molecule has 16 nitrogen and oxygen atoms in total. The van der Waals surface area contributed by atoms with Gasteiger partial charge >= 0.3 is 5.97 Å². The van der Waals surface area contributed by atoms with E-state index in [1.54, 1.807) is 18.2 Å². The maximum Gasteiger partial charge on any atom is 0.352 e. The molecule has 2 atom stereocenters. The van der Waals surface area contributed by atoms with Crippen LogP contribution in [0.4, 0.5) is 5.69 Å². The molecule has 2 amide bonds. The van der Waals surface area contributed by atoms with Gasteiger partial charge in [0, 0.05) is 90.8 Å². The normalized spacial score (nSPS) is 17.5. The van der Waals surface area contributed by atoms with Gasteiger partial charge in [0.25, 0.3) is 0 Å². The number of halogens is 1. The molecule has 0 saturated carbocycles. The molecule has 4 heterocycles. The fraction of sp³-hybridized carbons (Fsp3) is 0.462. The number of imide groups is 1. The van der Waals surface area contributed by atoms with Gasteiger partial charge in [0.1, 0.15) is 11.4 Å². The van der Waals surface area contributed by atoms with Crippen LogP contribution in [-0.2, 0) is 43.3 Å². The number of nitrogens with zero attached hydrogens (tertiary/aromatic N) is 4. The van der Waals surface area contributed by atoms with Crippen molar-refractivity contribution in [1.29, 1.82) is 0 Å². The Labute approximate surface area is 406 Å². The number of carbonyl (C=O) groups is 5. The Morgan fingerprint density at radius 2 is 1.59 bits per heavy atom. The number of benzene rings is 3. The summed E-state index contributed by atoms with van der Waals surface area (Å²) in [5, 5.41) is 22.9. The Hall–Kier alpha value is -5.91. The van der Waals surface area contributed by atoms with Crippen molar-refractivity contribution in [3.8, 4) is 16.9 Å². The number of aryl methyl sites for hydroxylation is 5. The van der Waals surface area contributed by atoms with Crippen LogP contribution in [0.2, 0.25) is 5.02 Å². The van der Waals surface area contributed by atoms with Crippen LogP contribution in [0.25, 0.3) is 22.0 Å². The number of hydrogen-bond donors (Lipinski definition) is 3. The first kappa shape index (κ1) is 49.5. The van der Waals surface area contributed by atoms with E-state index in [9.17, 15) is 29.1 Å². The quantitative estimate of drug-likeness (QED) is 0.0365. The first-order valence-electron chi connectivity index (χ1n) is 23.9. The number of anilines is 1. The number of para-hydroxylation sites is 1. The molecule has 0 bridgehead atoms. The van der Waals surface area contributed by atoms with Crippen LogP contribution >= 0.6 is 11.6 Å². The molecule has 0 radical (unpaired) electrons. The third kappa shape index (κ3) is 10.8. The predicted molar refractivity (Wildman–Crippen MR) is 261 cm³/mol. The van der Waals surface area contributed by atoms with E-state index in [4.69, 9.17) is 35.6 Å². The number of fused-ring (bicyclic) bond motifs is 2. The number of aromatic carboxylic acids is 1. The van der Waals surface area contributed by atoms with Crippen molar-refractivity contribution in [2.45, 2.75) is 72.9 Å². The van der Waals surface area contributed by atoms with Crippen LogP contribution in [0.5, 0.6) is 5.75 Å². The van der Waals surface area contributed by atoms with Gasteiger partial charge in [-0.15, -0.1) is 0 Å². The molecule has 69 heavy (non-hydrogen) atoms. The summed E-state index contributed by atoms with van der Waals surface area (Å²) < 4.78 is 27.5. The van der Waals surface area contributed by atoms with Gasteiger partial charge < -0.3 is 33.9 Å². The van der Waals surface area contributed by atoms with Crippen molar-refractivity contribution in [2.24, 2.45) is 11.8 Å². The van der Waals surface area contributed by atoms with Gasteiger partial charge in [-0.1, -0.05) is 41.9 Å². The average molecular weight is 966 g/mol. The third-order valence-electron chi connectivity index (χ3n) is 13.5. The highest BCUT2D eigenvalue weighted by Crippen LogP contribution is 2.40. The first-order valence-corrected chi connectivity index (χ1v) is 24.3. The molecule has 2 unspecified atom stereocenters. The number of ketones is 2. The third-order valence-corrected chi connectivity index (χ3v) is 14.0. The number of Topliss-reactive ketones (excluding diaryl/α,β-unsaturated/α-hetero) is 2. The highest BCUT2D eigenvalue weighted by Gasteiger charge is 2.48. The molecule has 3 N–H and O–H groups in total. The summed E-state index contributed by atoms with van der Waals surface area (Å²) in [5.41, 5.74) is 8.73. The SMILES string of the molecule is Cc1cc(OCCCc2c(C(=O)O)n(CCN3CCOCC3)c3c(-c4c(C)nn(CCCOCCOCCNc5cccc6c5C(=O)C(C5CCC(=O)NC5=O)C6=O)c4C)cccc23)cc(C)c1Cl. The van der Waals surface area contributed by atoms with Gasteiger partial charge in [0.2, 0.25) is 11.8 Å². The van der Waals surface area contributed by atoms with E-state index in [1.165, 1.54) is 0 Å². The Morgan fingerprint density at radius 3 is 2.33 bits per heavy atom. The van der Waals surface area contributed by atoms with Gasteiger partial charge in [-0.2, -0.15) is 5.10 Å². The van der Waals surface area contributed by atoms with E-state index in [0.29, 0.717) is 103 Å². The van der Waals surface area contributed by atoms with Crippen LogP contribution < -0.4 is 15.4 Å². The lowest BCUT2D eigenvalue weighted by molar-refractivity contribution is -0.137. The monoisotopic (exact) mass is 964 g/mol. The Morgan fingerprint density at radius 1 is 0.870 bits per heavy atom. The largest absolute Gasteiger partial charge is 0.494 e. The molecule has 17 heteroatoms. The maximum atomic E-state index is 13.4. The van der Waals surface area contributed by atoms with Gasteiger partial charge in [-0.3, -0.25) is 34.1 Å². The summed E-state index contributed by atoms with van der Waals surface area (Å²) in [6.07, 6.45) is 2.11. The second-order valence-corrected chi connectivity index (χ2v) is 18.4. The molecular formula is C52H61ClN6O10. The van der Waals surface area contributed by atoms with Crippen LogP contribution in [0.3, 0.4) is 0 Å². The topological polar surface area (TPSA) is 193 Å². The van der Waals surface area contributed by atoms with E-state index in [1.807, 2.05) is 54.3 Å². The fourth-order valence-corrected chi connectivity index (χ4v) is 10.2. The number of ether oxygens (including phenoxy) is 4. The van der Waals surface area contributed by atoms with Crippen molar-refractivity contribution in [2.75, 3.05) is 77.7 Å². The Bertz CT molecular complexity index is 2730. The zero-order valence-corrected chi connectivity index (χ0v) is 40.5. The number of nitrogens with one attached hydrogen (secondary N) is 2. The van der Waals surface area contributed by atoms with Crippen molar-refractivity contribution in [3.05, 3.63) is 98.5 Å². The van der Waals surface area contributed by atoms with Crippen LogP contribution in [0.1, 0.15) is 85.0 Å². The first-order chi connectivity index (χ1) is 33.3. The summed E-state index contributed by atoms with van der Waals surface area (Å²) in [6, 6.07) is 15.0. The molecule has 5 aromatic rings. The average Bonchev–Trinajstić information content (AvgIpc) is 3.91. The minimum Gasteiger partial charge on any atom is -0.494 e. The zero-order chi connectivity index (χ0) is 48.8. The molecule has 1 aliphatic carbocycles. The van der Waals surface area contributed by atoms with Crippen molar-refractivity contribution in [3.63, 3.8) is 0 Å². The molecular weight excluding hydrogens is 904 g/mol.